The molecule has 2 aromatic rings. The summed E-state index contributed by atoms with van der Waals surface area (Å²) >= 11 is 3.53. The Kier molecular flexibility index (Phi) is 4.82. The number of hydrogen-bond donors (Lipinski definition) is 0. The molecule has 0 fully saturated rings. The second-order valence-electron chi connectivity index (χ2n) is 4.28. The third-order valence-corrected chi connectivity index (χ3v) is 3.56. The van der Waals surface area contributed by atoms with E-state index >= 15 is 0 Å². The van der Waals surface area contributed by atoms with Crippen molar-refractivity contribution in [3.8, 4) is 5.75 Å². The molecule has 2 aromatic carbocycles. The van der Waals surface area contributed by atoms with Crippen LogP contribution in [0.15, 0.2) is 53.0 Å². The molecule has 18 heavy (non-hydrogen) atoms. The maximum Gasteiger partial charge on any atom is 0.120 e. The summed E-state index contributed by atoms with van der Waals surface area (Å²) in [5, 5.41) is 0. The van der Waals surface area contributed by atoms with Crippen LogP contribution in [0.2, 0.25) is 0 Å². The van der Waals surface area contributed by atoms with E-state index in [1.807, 2.05) is 24.3 Å². The number of aryl methyl sites for hydroxylation is 1. The highest BCUT2D eigenvalue weighted by atomic mass is 79.9. The molecule has 0 aliphatic rings. The Labute approximate surface area is 117 Å². The molecule has 2 heteroatoms. The van der Waals surface area contributed by atoms with Crippen molar-refractivity contribution in [3.05, 3.63) is 64.1 Å². The van der Waals surface area contributed by atoms with Gasteiger partial charge >= 0.3 is 0 Å². The van der Waals surface area contributed by atoms with Crippen LogP contribution >= 0.6 is 15.9 Å². The monoisotopic (exact) mass is 304 g/mol. The van der Waals surface area contributed by atoms with Crippen LogP contribution in [-0.4, -0.2) is 0 Å². The van der Waals surface area contributed by atoms with Crippen molar-refractivity contribution < 1.29 is 4.74 Å². The van der Waals surface area contributed by atoms with E-state index in [2.05, 4.69) is 47.1 Å². The van der Waals surface area contributed by atoms with E-state index < -0.39 is 0 Å². The van der Waals surface area contributed by atoms with Crippen molar-refractivity contribution in [2.75, 3.05) is 0 Å². The summed E-state index contributed by atoms with van der Waals surface area (Å²) < 4.78 is 6.92. The molecule has 0 aliphatic carbocycles. The zero-order valence-corrected chi connectivity index (χ0v) is 12.1. The molecule has 0 spiro atoms. The zero-order valence-electron chi connectivity index (χ0n) is 10.5. The van der Waals surface area contributed by atoms with Crippen molar-refractivity contribution in [2.24, 2.45) is 0 Å². The maximum absolute atomic E-state index is 5.83. The highest BCUT2D eigenvalue weighted by Crippen LogP contribution is 2.20. The first-order valence-electron chi connectivity index (χ1n) is 6.24. The fraction of sp³-hybridized carbons (Fsp3) is 0.250. The Morgan fingerprint density at radius 1 is 1.06 bits per heavy atom. The number of hydrogen-bond acceptors (Lipinski definition) is 1. The normalized spacial score (nSPS) is 10.3. The van der Waals surface area contributed by atoms with Crippen LogP contribution in [-0.2, 0) is 13.0 Å². The van der Waals surface area contributed by atoms with Gasteiger partial charge in [-0.2, -0.15) is 0 Å². The second kappa shape index (κ2) is 6.60. The molecule has 0 aromatic heterocycles. The molecule has 0 aliphatic heterocycles. The minimum absolute atomic E-state index is 0.594. The van der Waals surface area contributed by atoms with Gasteiger partial charge < -0.3 is 4.74 Å². The van der Waals surface area contributed by atoms with E-state index in [1.165, 1.54) is 11.1 Å². The maximum atomic E-state index is 5.83. The third-order valence-electron chi connectivity index (χ3n) is 2.79. The topological polar surface area (TPSA) is 9.23 Å². The molecule has 1 nitrogen and oxygen atoms in total. The van der Waals surface area contributed by atoms with Crippen molar-refractivity contribution >= 4 is 15.9 Å². The van der Waals surface area contributed by atoms with Gasteiger partial charge in [-0.05, 0) is 30.2 Å². The fourth-order valence-electron chi connectivity index (χ4n) is 1.86. The number of halogens is 1. The highest BCUT2D eigenvalue weighted by molar-refractivity contribution is 9.10. The molecule has 0 bridgehead atoms. The molecule has 2 rings (SSSR count). The van der Waals surface area contributed by atoms with Crippen LogP contribution < -0.4 is 4.74 Å². The first kappa shape index (κ1) is 13.2. The van der Waals surface area contributed by atoms with Gasteiger partial charge in [0, 0.05) is 10.0 Å². The zero-order chi connectivity index (χ0) is 12.8. The quantitative estimate of drug-likeness (QED) is 0.757. The SMILES string of the molecule is CCCc1cccc(OCc2ccccc2Br)c1. The van der Waals surface area contributed by atoms with E-state index in [1.54, 1.807) is 0 Å². The molecule has 94 valence electrons. The van der Waals surface area contributed by atoms with Crippen LogP contribution in [0.25, 0.3) is 0 Å². The summed E-state index contributed by atoms with van der Waals surface area (Å²) in [7, 11) is 0. The lowest BCUT2D eigenvalue weighted by molar-refractivity contribution is 0.305. The van der Waals surface area contributed by atoms with Gasteiger partial charge in [-0.1, -0.05) is 59.6 Å². The van der Waals surface area contributed by atoms with Crippen LogP contribution in [0.1, 0.15) is 24.5 Å². The lowest BCUT2D eigenvalue weighted by Gasteiger charge is -2.09. The van der Waals surface area contributed by atoms with Gasteiger partial charge in [-0.15, -0.1) is 0 Å². The molecular weight excluding hydrogens is 288 g/mol. The van der Waals surface area contributed by atoms with Crippen molar-refractivity contribution in [2.45, 2.75) is 26.4 Å². The van der Waals surface area contributed by atoms with Gasteiger partial charge in [0.15, 0.2) is 0 Å². The Balaban J connectivity index is 2.02. The van der Waals surface area contributed by atoms with E-state index in [0.29, 0.717) is 6.61 Å². The molecule has 0 atom stereocenters. The summed E-state index contributed by atoms with van der Waals surface area (Å²) in [6, 6.07) is 16.5. The molecule has 0 unspecified atom stereocenters. The fourth-order valence-corrected chi connectivity index (χ4v) is 2.26. The minimum atomic E-state index is 0.594. The van der Waals surface area contributed by atoms with Crippen molar-refractivity contribution in [1.82, 2.24) is 0 Å². The lowest BCUT2D eigenvalue weighted by Crippen LogP contribution is -1.96. The summed E-state index contributed by atoms with van der Waals surface area (Å²) in [5.41, 5.74) is 2.50. The summed E-state index contributed by atoms with van der Waals surface area (Å²) in [6.45, 7) is 2.78. The summed E-state index contributed by atoms with van der Waals surface area (Å²) in [5.74, 6) is 0.941. The Morgan fingerprint density at radius 3 is 2.67 bits per heavy atom. The lowest BCUT2D eigenvalue weighted by atomic mass is 10.1. The molecule has 0 saturated heterocycles. The largest absolute Gasteiger partial charge is 0.489 e. The minimum Gasteiger partial charge on any atom is -0.489 e. The third kappa shape index (κ3) is 3.61. The number of ether oxygens (including phenoxy) is 1. The van der Waals surface area contributed by atoms with Crippen LogP contribution in [0.3, 0.4) is 0 Å². The molecule has 0 heterocycles. The molecular formula is C16H17BrO. The van der Waals surface area contributed by atoms with Gasteiger partial charge in [0.2, 0.25) is 0 Å². The Hall–Kier alpha value is -1.28. The van der Waals surface area contributed by atoms with Crippen LogP contribution in [0, 0.1) is 0 Å². The molecule has 0 radical (unpaired) electrons. The van der Waals surface area contributed by atoms with E-state index in [9.17, 15) is 0 Å². The van der Waals surface area contributed by atoms with Crippen LogP contribution in [0.5, 0.6) is 5.75 Å². The molecule has 0 saturated carbocycles. The van der Waals surface area contributed by atoms with Crippen LogP contribution in [0.4, 0.5) is 0 Å². The van der Waals surface area contributed by atoms with E-state index in [4.69, 9.17) is 4.74 Å². The van der Waals surface area contributed by atoms with E-state index in [-0.39, 0.29) is 0 Å². The standard InChI is InChI=1S/C16H17BrO/c1-2-6-13-7-5-9-15(11-13)18-12-14-8-3-4-10-16(14)17/h3-5,7-11H,2,6,12H2,1H3. The predicted octanol–water partition coefficient (Wildman–Crippen LogP) is 4.98. The van der Waals surface area contributed by atoms with Crippen molar-refractivity contribution in [3.63, 3.8) is 0 Å². The Morgan fingerprint density at radius 2 is 1.89 bits per heavy atom. The average molecular weight is 305 g/mol. The van der Waals surface area contributed by atoms with Gasteiger partial charge in [0.1, 0.15) is 12.4 Å². The van der Waals surface area contributed by atoms with E-state index in [0.717, 1.165) is 23.1 Å². The van der Waals surface area contributed by atoms with Gasteiger partial charge in [-0.3, -0.25) is 0 Å². The highest BCUT2D eigenvalue weighted by Gasteiger charge is 2.00. The smallest absolute Gasteiger partial charge is 0.120 e. The predicted molar refractivity (Wildman–Crippen MR) is 78.9 cm³/mol. The number of rotatable bonds is 5. The van der Waals surface area contributed by atoms with Gasteiger partial charge in [-0.25, -0.2) is 0 Å². The number of benzene rings is 2. The molecule has 0 amide bonds. The van der Waals surface area contributed by atoms with Gasteiger partial charge in [0.25, 0.3) is 0 Å². The first-order chi connectivity index (χ1) is 8.79. The summed E-state index contributed by atoms with van der Waals surface area (Å²) in [6.07, 6.45) is 2.26. The first-order valence-corrected chi connectivity index (χ1v) is 7.04. The summed E-state index contributed by atoms with van der Waals surface area (Å²) in [4.78, 5) is 0. The molecule has 0 N–H and O–H groups in total. The van der Waals surface area contributed by atoms with Crippen molar-refractivity contribution in [1.29, 1.82) is 0 Å². The Bertz CT molecular complexity index is 508. The second-order valence-corrected chi connectivity index (χ2v) is 5.13. The van der Waals surface area contributed by atoms with Gasteiger partial charge in [0.05, 0.1) is 0 Å². The average Bonchev–Trinajstić information content (AvgIpc) is 2.39.